The fourth-order valence-corrected chi connectivity index (χ4v) is 2.71. The molecule has 0 radical (unpaired) electrons. The number of Topliss-reactive ketones (excluding diaryl/α,β-unsaturated/α-hetero) is 1. The fraction of sp³-hybridized carbons (Fsp3) is 0.529. The lowest BCUT2D eigenvalue weighted by Crippen LogP contribution is -2.13. The van der Waals surface area contributed by atoms with E-state index in [1.165, 1.54) is 37.7 Å². The first-order valence-electron chi connectivity index (χ1n) is 7.49. The summed E-state index contributed by atoms with van der Waals surface area (Å²) in [5, 5.41) is 0. The van der Waals surface area contributed by atoms with Crippen molar-refractivity contribution < 1.29 is 14.3 Å². The Balaban J connectivity index is 1.93. The van der Waals surface area contributed by atoms with Crippen molar-refractivity contribution in [2.24, 2.45) is 0 Å². The van der Waals surface area contributed by atoms with Crippen molar-refractivity contribution in [2.75, 3.05) is 6.61 Å². The van der Waals surface area contributed by atoms with Gasteiger partial charge in [0.2, 0.25) is 0 Å². The average molecular weight is 274 g/mol. The summed E-state index contributed by atoms with van der Waals surface area (Å²) < 4.78 is 4.87. The van der Waals surface area contributed by atoms with Crippen molar-refractivity contribution in [3.05, 3.63) is 35.4 Å². The maximum atomic E-state index is 11.9. The van der Waals surface area contributed by atoms with Crippen LogP contribution < -0.4 is 0 Å². The molecule has 1 aromatic carbocycles. The van der Waals surface area contributed by atoms with E-state index in [1.807, 2.05) is 24.3 Å². The predicted molar refractivity (Wildman–Crippen MR) is 77.8 cm³/mol. The van der Waals surface area contributed by atoms with Crippen molar-refractivity contribution in [3.63, 3.8) is 0 Å². The van der Waals surface area contributed by atoms with Gasteiger partial charge in [0.25, 0.3) is 0 Å². The zero-order valence-electron chi connectivity index (χ0n) is 12.1. The van der Waals surface area contributed by atoms with Crippen molar-refractivity contribution >= 4 is 11.8 Å². The first-order valence-corrected chi connectivity index (χ1v) is 7.49. The SMILES string of the molecule is CCC(=O)OCC(=O)c1ccc(C2CCCCC2)cc1. The molecule has 3 nitrogen and oxygen atoms in total. The molecule has 0 heterocycles. The molecule has 1 fully saturated rings. The molecule has 0 aromatic heterocycles. The third-order valence-electron chi connectivity index (χ3n) is 3.96. The molecule has 1 aliphatic carbocycles. The number of benzene rings is 1. The lowest BCUT2D eigenvalue weighted by atomic mass is 9.84. The summed E-state index contributed by atoms with van der Waals surface area (Å²) in [6, 6.07) is 7.80. The van der Waals surface area contributed by atoms with E-state index in [0.717, 1.165) is 0 Å². The molecule has 0 amide bonds. The van der Waals surface area contributed by atoms with Crippen molar-refractivity contribution in [1.29, 1.82) is 0 Å². The number of hydrogen-bond donors (Lipinski definition) is 0. The minimum atomic E-state index is -0.336. The highest BCUT2D eigenvalue weighted by molar-refractivity contribution is 5.97. The summed E-state index contributed by atoms with van der Waals surface area (Å²) in [5.74, 6) is 0.171. The number of carbonyl (C=O) groups is 2. The van der Waals surface area contributed by atoms with Crippen LogP contribution in [-0.4, -0.2) is 18.4 Å². The highest BCUT2D eigenvalue weighted by Gasteiger charge is 2.16. The summed E-state index contributed by atoms with van der Waals surface area (Å²) in [7, 11) is 0. The molecule has 0 N–H and O–H groups in total. The highest BCUT2D eigenvalue weighted by Crippen LogP contribution is 2.32. The van der Waals surface area contributed by atoms with Crippen LogP contribution in [0, 0.1) is 0 Å². The Morgan fingerprint density at radius 3 is 2.35 bits per heavy atom. The predicted octanol–water partition coefficient (Wildman–Crippen LogP) is 3.87. The Hall–Kier alpha value is -1.64. The Kier molecular flexibility index (Phi) is 5.33. The fourth-order valence-electron chi connectivity index (χ4n) is 2.71. The van der Waals surface area contributed by atoms with Gasteiger partial charge >= 0.3 is 5.97 Å². The van der Waals surface area contributed by atoms with Crippen LogP contribution in [0.25, 0.3) is 0 Å². The molecule has 0 aliphatic heterocycles. The van der Waals surface area contributed by atoms with Crippen LogP contribution in [0.2, 0.25) is 0 Å². The van der Waals surface area contributed by atoms with Gasteiger partial charge < -0.3 is 4.74 Å². The number of esters is 1. The molecule has 0 atom stereocenters. The maximum absolute atomic E-state index is 11.9. The van der Waals surface area contributed by atoms with Gasteiger partial charge in [-0.2, -0.15) is 0 Å². The maximum Gasteiger partial charge on any atom is 0.305 e. The van der Waals surface area contributed by atoms with Gasteiger partial charge in [-0.1, -0.05) is 50.5 Å². The van der Waals surface area contributed by atoms with Crippen LogP contribution in [0.4, 0.5) is 0 Å². The third-order valence-corrected chi connectivity index (χ3v) is 3.96. The average Bonchev–Trinajstić information content (AvgIpc) is 2.53. The number of carbonyl (C=O) groups excluding carboxylic acids is 2. The second kappa shape index (κ2) is 7.22. The lowest BCUT2D eigenvalue weighted by Gasteiger charge is -2.22. The van der Waals surface area contributed by atoms with Gasteiger partial charge in [0.05, 0.1) is 0 Å². The first kappa shape index (κ1) is 14.8. The molecule has 0 unspecified atom stereocenters. The van der Waals surface area contributed by atoms with Crippen LogP contribution in [0.3, 0.4) is 0 Å². The Labute approximate surface area is 120 Å². The Morgan fingerprint density at radius 1 is 1.10 bits per heavy atom. The van der Waals surface area contributed by atoms with Gasteiger partial charge in [-0.15, -0.1) is 0 Å². The van der Waals surface area contributed by atoms with Gasteiger partial charge in [0.15, 0.2) is 12.4 Å². The van der Waals surface area contributed by atoms with E-state index in [2.05, 4.69) is 0 Å². The normalized spacial score (nSPS) is 15.8. The van der Waals surface area contributed by atoms with Gasteiger partial charge in [0.1, 0.15) is 0 Å². The second-order valence-electron chi connectivity index (χ2n) is 5.39. The van der Waals surface area contributed by atoms with Gasteiger partial charge in [-0.05, 0) is 24.3 Å². The molecule has 0 bridgehead atoms. The smallest absolute Gasteiger partial charge is 0.305 e. The molecule has 3 heteroatoms. The van der Waals surface area contributed by atoms with E-state index in [0.29, 0.717) is 17.9 Å². The van der Waals surface area contributed by atoms with E-state index in [1.54, 1.807) is 6.92 Å². The summed E-state index contributed by atoms with van der Waals surface area (Å²) >= 11 is 0. The van der Waals surface area contributed by atoms with Crippen LogP contribution >= 0.6 is 0 Å². The van der Waals surface area contributed by atoms with Gasteiger partial charge in [-0.3, -0.25) is 9.59 Å². The van der Waals surface area contributed by atoms with Crippen molar-refractivity contribution in [2.45, 2.75) is 51.4 Å². The molecule has 20 heavy (non-hydrogen) atoms. The van der Waals surface area contributed by atoms with Crippen molar-refractivity contribution in [1.82, 2.24) is 0 Å². The van der Waals surface area contributed by atoms with E-state index < -0.39 is 0 Å². The molecule has 0 saturated heterocycles. The standard InChI is InChI=1S/C17H22O3/c1-2-17(19)20-12-16(18)15-10-8-14(9-11-15)13-6-4-3-5-7-13/h8-11,13H,2-7,12H2,1H3. The Morgan fingerprint density at radius 2 is 1.75 bits per heavy atom. The second-order valence-corrected chi connectivity index (χ2v) is 5.39. The minimum Gasteiger partial charge on any atom is -0.457 e. The molecule has 2 rings (SSSR count). The number of rotatable bonds is 5. The van der Waals surface area contributed by atoms with Crippen LogP contribution in [0.5, 0.6) is 0 Å². The van der Waals surface area contributed by atoms with Gasteiger partial charge in [-0.25, -0.2) is 0 Å². The number of ketones is 1. The topological polar surface area (TPSA) is 43.4 Å². The third kappa shape index (κ3) is 3.92. The summed E-state index contributed by atoms with van der Waals surface area (Å²) in [5.41, 5.74) is 1.94. The number of ether oxygens (including phenoxy) is 1. The highest BCUT2D eigenvalue weighted by atomic mass is 16.5. The van der Waals surface area contributed by atoms with Crippen LogP contribution in [0.1, 0.15) is 67.3 Å². The summed E-state index contributed by atoms with van der Waals surface area (Å²) in [6.07, 6.45) is 6.75. The summed E-state index contributed by atoms with van der Waals surface area (Å²) in [6.45, 7) is 1.56. The monoisotopic (exact) mass is 274 g/mol. The quantitative estimate of drug-likeness (QED) is 0.604. The molecule has 108 valence electrons. The first-order chi connectivity index (χ1) is 9.70. The van der Waals surface area contributed by atoms with Crippen molar-refractivity contribution in [3.8, 4) is 0 Å². The van der Waals surface area contributed by atoms with E-state index in [-0.39, 0.29) is 18.4 Å². The zero-order valence-corrected chi connectivity index (χ0v) is 12.1. The van der Waals surface area contributed by atoms with Crippen LogP contribution in [0.15, 0.2) is 24.3 Å². The Bertz CT molecular complexity index is 456. The lowest BCUT2D eigenvalue weighted by molar-refractivity contribution is -0.142. The molecular weight excluding hydrogens is 252 g/mol. The molecule has 0 spiro atoms. The summed E-state index contributed by atoms with van der Waals surface area (Å²) in [4.78, 5) is 22.9. The molecule has 1 aliphatic rings. The number of hydrogen-bond acceptors (Lipinski definition) is 3. The minimum absolute atomic E-state index is 0.137. The van der Waals surface area contributed by atoms with Gasteiger partial charge in [0, 0.05) is 12.0 Å². The van der Waals surface area contributed by atoms with Crippen LogP contribution in [-0.2, 0) is 9.53 Å². The molecular formula is C17H22O3. The molecule has 1 saturated carbocycles. The van der Waals surface area contributed by atoms with E-state index >= 15 is 0 Å². The van der Waals surface area contributed by atoms with E-state index in [9.17, 15) is 9.59 Å². The zero-order chi connectivity index (χ0) is 14.4. The largest absolute Gasteiger partial charge is 0.457 e. The molecule has 1 aromatic rings. The van der Waals surface area contributed by atoms with E-state index in [4.69, 9.17) is 4.74 Å².